The Labute approximate surface area is 144 Å². The lowest BCUT2D eigenvalue weighted by Crippen LogP contribution is -2.39. The largest absolute Gasteiger partial charge is 0.378 e. The Bertz CT molecular complexity index is 280. The van der Waals surface area contributed by atoms with Gasteiger partial charge in [-0.2, -0.15) is 0 Å². The predicted octanol–water partition coefficient (Wildman–Crippen LogP) is 5.98. The Kier molecular flexibility index (Phi) is 7.88. The van der Waals surface area contributed by atoms with Crippen LogP contribution in [-0.4, -0.2) is 25.4 Å². The lowest BCUT2D eigenvalue weighted by Gasteiger charge is -2.46. The molecule has 2 fully saturated rings. The zero-order chi connectivity index (χ0) is 16.7. The Morgan fingerprint density at radius 2 is 1.00 bits per heavy atom. The van der Waals surface area contributed by atoms with Crippen LogP contribution in [0.2, 0.25) is 0 Å². The van der Waals surface area contributed by atoms with Crippen molar-refractivity contribution >= 4 is 0 Å². The average molecular weight is 325 g/mol. The summed E-state index contributed by atoms with van der Waals surface area (Å²) in [5, 5.41) is 0. The van der Waals surface area contributed by atoms with Gasteiger partial charge in [0.25, 0.3) is 0 Å². The van der Waals surface area contributed by atoms with E-state index in [0.29, 0.717) is 17.6 Å². The molecule has 0 atom stereocenters. The summed E-state index contributed by atoms with van der Waals surface area (Å²) in [7, 11) is 0. The fourth-order valence-electron chi connectivity index (χ4n) is 4.85. The van der Waals surface area contributed by atoms with Crippen molar-refractivity contribution in [1.29, 1.82) is 0 Å². The molecule has 2 heteroatoms. The van der Waals surface area contributed by atoms with Crippen molar-refractivity contribution in [2.24, 2.45) is 17.3 Å². The van der Waals surface area contributed by atoms with Gasteiger partial charge in [0.1, 0.15) is 0 Å². The number of hydrogen-bond acceptors (Lipinski definition) is 2. The molecule has 0 N–H and O–H groups in total. The maximum absolute atomic E-state index is 5.97. The van der Waals surface area contributed by atoms with Crippen LogP contribution in [0.3, 0.4) is 0 Å². The number of hydrogen-bond donors (Lipinski definition) is 0. The third kappa shape index (κ3) is 5.46. The topological polar surface area (TPSA) is 18.5 Å². The van der Waals surface area contributed by atoms with Crippen LogP contribution in [0.4, 0.5) is 0 Å². The van der Waals surface area contributed by atoms with E-state index in [1.165, 1.54) is 51.4 Å². The molecular weight excluding hydrogens is 284 g/mol. The summed E-state index contributed by atoms with van der Waals surface area (Å²) < 4.78 is 11.9. The van der Waals surface area contributed by atoms with Crippen LogP contribution < -0.4 is 0 Å². The van der Waals surface area contributed by atoms with E-state index in [9.17, 15) is 0 Å². The van der Waals surface area contributed by atoms with Gasteiger partial charge in [0.15, 0.2) is 0 Å². The zero-order valence-corrected chi connectivity index (χ0v) is 16.1. The summed E-state index contributed by atoms with van der Waals surface area (Å²) in [6.07, 6.45) is 14.0. The molecule has 0 unspecified atom stereocenters. The minimum atomic E-state index is 0.492. The van der Waals surface area contributed by atoms with Crippen molar-refractivity contribution < 1.29 is 9.47 Å². The number of ether oxygens (including phenoxy) is 2. The first kappa shape index (κ1) is 19.2. The second-order valence-electron chi connectivity index (χ2n) is 8.51. The normalized spacial score (nSPS) is 32.9. The van der Waals surface area contributed by atoms with Crippen LogP contribution in [0.25, 0.3) is 0 Å². The quantitative estimate of drug-likeness (QED) is 0.546. The summed E-state index contributed by atoms with van der Waals surface area (Å²) in [6.45, 7) is 11.4. The van der Waals surface area contributed by atoms with Gasteiger partial charge in [0.05, 0.1) is 12.2 Å². The molecule has 2 aliphatic rings. The standard InChI is InChI=1S/C21H40O2/c1-5-15-22-19-11-7-17(8-12-19)21(3,4)18-9-13-20(14-10-18)23-16-6-2/h17-20H,5-16H2,1-4H3. The summed E-state index contributed by atoms with van der Waals surface area (Å²) in [6, 6.07) is 0. The van der Waals surface area contributed by atoms with E-state index in [1.54, 1.807) is 0 Å². The van der Waals surface area contributed by atoms with Gasteiger partial charge in [0.2, 0.25) is 0 Å². The maximum atomic E-state index is 5.97. The second-order valence-corrected chi connectivity index (χ2v) is 8.51. The third-order valence-corrected chi connectivity index (χ3v) is 6.57. The van der Waals surface area contributed by atoms with E-state index < -0.39 is 0 Å². The van der Waals surface area contributed by atoms with Gasteiger partial charge in [-0.1, -0.05) is 27.7 Å². The average Bonchev–Trinajstić information content (AvgIpc) is 2.59. The van der Waals surface area contributed by atoms with Crippen LogP contribution >= 0.6 is 0 Å². The van der Waals surface area contributed by atoms with Gasteiger partial charge in [-0.3, -0.25) is 0 Å². The fourth-order valence-corrected chi connectivity index (χ4v) is 4.85. The van der Waals surface area contributed by atoms with Gasteiger partial charge in [-0.15, -0.1) is 0 Å². The molecule has 136 valence electrons. The van der Waals surface area contributed by atoms with Crippen LogP contribution in [0.15, 0.2) is 0 Å². The van der Waals surface area contributed by atoms with E-state index >= 15 is 0 Å². The highest BCUT2D eigenvalue weighted by Crippen LogP contribution is 2.48. The molecular formula is C21H40O2. The molecule has 2 rings (SSSR count). The third-order valence-electron chi connectivity index (χ3n) is 6.57. The van der Waals surface area contributed by atoms with E-state index in [1.807, 2.05) is 0 Å². The van der Waals surface area contributed by atoms with E-state index in [2.05, 4.69) is 27.7 Å². The van der Waals surface area contributed by atoms with Crippen LogP contribution in [0.5, 0.6) is 0 Å². The molecule has 2 saturated carbocycles. The monoisotopic (exact) mass is 324 g/mol. The van der Waals surface area contributed by atoms with Crippen molar-refractivity contribution in [2.75, 3.05) is 13.2 Å². The van der Waals surface area contributed by atoms with E-state index in [0.717, 1.165) is 37.9 Å². The smallest absolute Gasteiger partial charge is 0.0575 e. The van der Waals surface area contributed by atoms with E-state index in [4.69, 9.17) is 9.47 Å². The lowest BCUT2D eigenvalue weighted by molar-refractivity contribution is -0.0349. The van der Waals surface area contributed by atoms with Gasteiger partial charge in [0, 0.05) is 13.2 Å². The molecule has 0 bridgehead atoms. The Morgan fingerprint density at radius 3 is 1.30 bits per heavy atom. The highest BCUT2D eigenvalue weighted by Gasteiger charge is 2.40. The molecule has 23 heavy (non-hydrogen) atoms. The molecule has 0 aromatic rings. The van der Waals surface area contributed by atoms with Gasteiger partial charge < -0.3 is 9.47 Å². The van der Waals surface area contributed by atoms with Crippen molar-refractivity contribution in [3.05, 3.63) is 0 Å². The lowest BCUT2D eigenvalue weighted by atomic mass is 9.60. The molecule has 0 radical (unpaired) electrons. The van der Waals surface area contributed by atoms with Crippen molar-refractivity contribution in [3.63, 3.8) is 0 Å². The molecule has 0 spiro atoms. The summed E-state index contributed by atoms with van der Waals surface area (Å²) in [5.41, 5.74) is 0.492. The van der Waals surface area contributed by atoms with Crippen molar-refractivity contribution in [2.45, 2.75) is 104 Å². The van der Waals surface area contributed by atoms with Crippen molar-refractivity contribution in [1.82, 2.24) is 0 Å². The molecule has 0 amide bonds. The van der Waals surface area contributed by atoms with Gasteiger partial charge in [-0.25, -0.2) is 0 Å². The van der Waals surface area contributed by atoms with Crippen LogP contribution in [0, 0.1) is 17.3 Å². The highest BCUT2D eigenvalue weighted by atomic mass is 16.5. The molecule has 0 saturated heterocycles. The molecule has 0 aliphatic heterocycles. The predicted molar refractivity (Wildman–Crippen MR) is 97.8 cm³/mol. The first-order valence-electron chi connectivity index (χ1n) is 10.3. The fraction of sp³-hybridized carbons (Fsp3) is 1.00. The Balaban J connectivity index is 1.76. The SMILES string of the molecule is CCCOC1CCC(C(C)(C)C2CCC(OCCC)CC2)CC1. The van der Waals surface area contributed by atoms with E-state index in [-0.39, 0.29) is 0 Å². The minimum absolute atomic E-state index is 0.492. The zero-order valence-electron chi connectivity index (χ0n) is 16.1. The maximum Gasteiger partial charge on any atom is 0.0575 e. The first-order chi connectivity index (χ1) is 11.1. The molecule has 2 nitrogen and oxygen atoms in total. The number of rotatable bonds is 8. The van der Waals surface area contributed by atoms with Gasteiger partial charge in [-0.05, 0) is 81.5 Å². The first-order valence-corrected chi connectivity index (χ1v) is 10.3. The Hall–Kier alpha value is -0.0800. The molecule has 0 aromatic carbocycles. The highest BCUT2D eigenvalue weighted by molar-refractivity contribution is 4.91. The summed E-state index contributed by atoms with van der Waals surface area (Å²) in [4.78, 5) is 0. The molecule has 0 heterocycles. The van der Waals surface area contributed by atoms with Crippen molar-refractivity contribution in [3.8, 4) is 0 Å². The van der Waals surface area contributed by atoms with Crippen LogP contribution in [-0.2, 0) is 9.47 Å². The Morgan fingerprint density at radius 1 is 0.652 bits per heavy atom. The van der Waals surface area contributed by atoms with Crippen LogP contribution in [0.1, 0.15) is 91.9 Å². The molecule has 2 aliphatic carbocycles. The summed E-state index contributed by atoms with van der Waals surface area (Å²) >= 11 is 0. The second kappa shape index (κ2) is 9.42. The summed E-state index contributed by atoms with van der Waals surface area (Å²) in [5.74, 6) is 1.78. The minimum Gasteiger partial charge on any atom is -0.378 e. The molecule has 0 aromatic heterocycles. The van der Waals surface area contributed by atoms with Gasteiger partial charge >= 0.3 is 0 Å².